The van der Waals surface area contributed by atoms with E-state index < -0.39 is 0 Å². The molecular formula is C17H18BrNOS. The molecule has 1 N–H and O–H groups in total. The molecular weight excluding hydrogens is 346 g/mol. The molecule has 2 heterocycles. The van der Waals surface area contributed by atoms with Crippen molar-refractivity contribution in [2.75, 3.05) is 6.54 Å². The van der Waals surface area contributed by atoms with Crippen LogP contribution in [-0.2, 0) is 6.42 Å². The van der Waals surface area contributed by atoms with Crippen molar-refractivity contribution >= 4 is 37.4 Å². The predicted molar refractivity (Wildman–Crippen MR) is 93.1 cm³/mol. The largest absolute Gasteiger partial charge is 0.469 e. The lowest BCUT2D eigenvalue weighted by molar-refractivity contribution is 0.502. The quantitative estimate of drug-likeness (QED) is 0.645. The number of furan rings is 1. The third kappa shape index (κ3) is 2.68. The molecule has 0 amide bonds. The third-order valence-corrected chi connectivity index (χ3v) is 5.68. The van der Waals surface area contributed by atoms with Crippen molar-refractivity contribution < 1.29 is 4.42 Å². The lowest BCUT2D eigenvalue weighted by Gasteiger charge is -2.18. The Morgan fingerprint density at radius 2 is 2.10 bits per heavy atom. The predicted octanol–water partition coefficient (Wildman–Crippen LogP) is 5.52. The second kappa shape index (κ2) is 6.34. The van der Waals surface area contributed by atoms with Crippen LogP contribution >= 0.6 is 27.3 Å². The summed E-state index contributed by atoms with van der Waals surface area (Å²) in [6.07, 6.45) is 2.71. The van der Waals surface area contributed by atoms with E-state index in [-0.39, 0.29) is 6.04 Å². The molecule has 2 nitrogen and oxygen atoms in total. The van der Waals surface area contributed by atoms with Gasteiger partial charge in [-0.15, -0.1) is 11.3 Å². The molecule has 1 atom stereocenters. The molecule has 3 aromatic rings. The van der Waals surface area contributed by atoms with Crippen molar-refractivity contribution in [2.24, 2.45) is 0 Å². The van der Waals surface area contributed by atoms with Crippen molar-refractivity contribution in [3.63, 3.8) is 0 Å². The summed E-state index contributed by atoms with van der Waals surface area (Å²) in [6.45, 7) is 5.20. The number of hydrogen-bond acceptors (Lipinski definition) is 3. The Morgan fingerprint density at radius 1 is 1.24 bits per heavy atom. The lowest BCUT2D eigenvalue weighted by Crippen LogP contribution is -2.22. The molecule has 110 valence electrons. The summed E-state index contributed by atoms with van der Waals surface area (Å²) < 4.78 is 8.09. The highest BCUT2D eigenvalue weighted by atomic mass is 79.9. The van der Waals surface area contributed by atoms with Crippen molar-refractivity contribution in [3.05, 3.63) is 57.3 Å². The van der Waals surface area contributed by atoms with Crippen molar-refractivity contribution in [1.82, 2.24) is 5.32 Å². The van der Waals surface area contributed by atoms with Crippen LogP contribution in [0.2, 0.25) is 0 Å². The standard InChI is InChI=1S/C17H18BrNOS/c1-3-15-12(8-9-20-15)16(19-4-2)13-10-21-17-11(13)6-5-7-14(17)18/h5-10,16,19H,3-4H2,1-2H3. The van der Waals surface area contributed by atoms with Crippen LogP contribution in [0, 0.1) is 0 Å². The minimum atomic E-state index is 0.187. The highest BCUT2D eigenvalue weighted by Crippen LogP contribution is 2.38. The van der Waals surface area contributed by atoms with Gasteiger partial charge in [0.1, 0.15) is 5.76 Å². The highest BCUT2D eigenvalue weighted by molar-refractivity contribution is 9.10. The molecule has 0 fully saturated rings. The van der Waals surface area contributed by atoms with Crippen LogP contribution in [0.25, 0.3) is 10.1 Å². The molecule has 1 unspecified atom stereocenters. The number of benzene rings is 1. The van der Waals surface area contributed by atoms with Crippen LogP contribution in [-0.4, -0.2) is 6.54 Å². The Bertz CT molecular complexity index is 746. The number of hydrogen-bond donors (Lipinski definition) is 1. The number of rotatable bonds is 5. The molecule has 3 rings (SSSR count). The molecule has 0 aliphatic carbocycles. The topological polar surface area (TPSA) is 25.2 Å². The maximum atomic E-state index is 5.63. The number of fused-ring (bicyclic) bond motifs is 1. The van der Waals surface area contributed by atoms with Gasteiger partial charge >= 0.3 is 0 Å². The Kier molecular flexibility index (Phi) is 4.48. The SMILES string of the molecule is CCNC(c1ccoc1CC)c1csc2c(Br)cccc12. The van der Waals surface area contributed by atoms with E-state index in [9.17, 15) is 0 Å². The van der Waals surface area contributed by atoms with E-state index in [0.29, 0.717) is 0 Å². The highest BCUT2D eigenvalue weighted by Gasteiger charge is 2.21. The first-order chi connectivity index (χ1) is 10.3. The average molecular weight is 364 g/mol. The van der Waals surface area contributed by atoms with E-state index in [2.05, 4.69) is 64.7 Å². The summed E-state index contributed by atoms with van der Waals surface area (Å²) in [5.41, 5.74) is 2.58. The van der Waals surface area contributed by atoms with Crippen LogP contribution < -0.4 is 5.32 Å². The zero-order valence-corrected chi connectivity index (χ0v) is 14.6. The molecule has 0 saturated carbocycles. The zero-order chi connectivity index (χ0) is 14.8. The molecule has 0 aliphatic rings. The fourth-order valence-electron chi connectivity index (χ4n) is 2.75. The lowest BCUT2D eigenvalue weighted by atomic mass is 9.97. The van der Waals surface area contributed by atoms with E-state index in [4.69, 9.17) is 4.42 Å². The van der Waals surface area contributed by atoms with E-state index in [1.165, 1.54) is 21.2 Å². The molecule has 0 spiro atoms. The maximum absolute atomic E-state index is 5.63. The molecule has 2 aromatic heterocycles. The Labute approximate surface area is 137 Å². The molecule has 0 aliphatic heterocycles. The van der Waals surface area contributed by atoms with E-state index in [1.54, 1.807) is 17.6 Å². The number of halogens is 1. The average Bonchev–Trinajstić information content (AvgIpc) is 3.12. The Morgan fingerprint density at radius 3 is 2.86 bits per heavy atom. The first kappa shape index (κ1) is 14.8. The van der Waals surface area contributed by atoms with Gasteiger partial charge in [-0.3, -0.25) is 0 Å². The third-order valence-electron chi connectivity index (χ3n) is 3.71. The molecule has 21 heavy (non-hydrogen) atoms. The van der Waals surface area contributed by atoms with Crippen LogP contribution in [0.15, 0.2) is 44.8 Å². The van der Waals surface area contributed by atoms with Gasteiger partial charge in [0.15, 0.2) is 0 Å². The minimum absolute atomic E-state index is 0.187. The monoisotopic (exact) mass is 363 g/mol. The fourth-order valence-corrected chi connectivity index (χ4v) is 4.40. The Balaban J connectivity index is 2.14. The summed E-state index contributed by atoms with van der Waals surface area (Å²) in [5, 5.41) is 7.17. The number of aryl methyl sites for hydroxylation is 1. The summed E-state index contributed by atoms with van der Waals surface area (Å²) in [7, 11) is 0. The van der Waals surface area contributed by atoms with Gasteiger partial charge in [-0.05, 0) is 50.9 Å². The second-order valence-electron chi connectivity index (χ2n) is 4.95. The number of thiophene rings is 1. The minimum Gasteiger partial charge on any atom is -0.469 e. The van der Waals surface area contributed by atoms with Gasteiger partial charge in [-0.1, -0.05) is 26.0 Å². The summed E-state index contributed by atoms with van der Waals surface area (Å²) >= 11 is 5.43. The van der Waals surface area contributed by atoms with Gasteiger partial charge in [-0.2, -0.15) is 0 Å². The normalized spacial score (nSPS) is 12.9. The van der Waals surface area contributed by atoms with Crippen molar-refractivity contribution in [2.45, 2.75) is 26.3 Å². The molecule has 1 aromatic carbocycles. The van der Waals surface area contributed by atoms with Crippen LogP contribution in [0.4, 0.5) is 0 Å². The first-order valence-electron chi connectivity index (χ1n) is 7.21. The van der Waals surface area contributed by atoms with Crippen molar-refractivity contribution in [3.8, 4) is 0 Å². The van der Waals surface area contributed by atoms with E-state index in [0.717, 1.165) is 23.2 Å². The molecule has 4 heteroatoms. The van der Waals surface area contributed by atoms with Gasteiger partial charge in [-0.25, -0.2) is 0 Å². The van der Waals surface area contributed by atoms with E-state index in [1.807, 2.05) is 0 Å². The van der Waals surface area contributed by atoms with Crippen LogP contribution in [0.1, 0.15) is 36.8 Å². The summed E-state index contributed by atoms with van der Waals surface area (Å²) in [5.74, 6) is 1.07. The van der Waals surface area contributed by atoms with Crippen LogP contribution in [0.3, 0.4) is 0 Å². The smallest absolute Gasteiger partial charge is 0.108 e. The van der Waals surface area contributed by atoms with Gasteiger partial charge in [0, 0.05) is 21.2 Å². The second-order valence-corrected chi connectivity index (χ2v) is 6.68. The van der Waals surface area contributed by atoms with Gasteiger partial charge in [0.2, 0.25) is 0 Å². The molecule has 0 bridgehead atoms. The Hall–Kier alpha value is -1.10. The maximum Gasteiger partial charge on any atom is 0.108 e. The molecule has 0 saturated heterocycles. The first-order valence-corrected chi connectivity index (χ1v) is 8.88. The summed E-state index contributed by atoms with van der Waals surface area (Å²) in [4.78, 5) is 0. The van der Waals surface area contributed by atoms with Gasteiger partial charge in [0.05, 0.1) is 12.3 Å². The van der Waals surface area contributed by atoms with Gasteiger partial charge in [0.25, 0.3) is 0 Å². The van der Waals surface area contributed by atoms with E-state index >= 15 is 0 Å². The van der Waals surface area contributed by atoms with Gasteiger partial charge < -0.3 is 9.73 Å². The summed E-state index contributed by atoms with van der Waals surface area (Å²) in [6, 6.07) is 8.67. The fraction of sp³-hybridized carbons (Fsp3) is 0.294. The van der Waals surface area contributed by atoms with Crippen LogP contribution in [0.5, 0.6) is 0 Å². The zero-order valence-electron chi connectivity index (χ0n) is 12.2. The number of nitrogens with one attached hydrogen (secondary N) is 1. The van der Waals surface area contributed by atoms with Crippen molar-refractivity contribution in [1.29, 1.82) is 0 Å². The molecule has 0 radical (unpaired) electrons.